The van der Waals surface area contributed by atoms with Gasteiger partial charge in [-0.1, -0.05) is 5.11 Å². The van der Waals surface area contributed by atoms with Crippen LogP contribution in [0.2, 0.25) is 0 Å². The van der Waals surface area contributed by atoms with Crippen LogP contribution in [-0.2, 0) is 32.7 Å². The van der Waals surface area contributed by atoms with Crippen molar-refractivity contribution >= 4 is 25.7 Å². The maximum atomic E-state index is 12.8. The molecule has 22 nitrogen and oxygen atoms in total. The Kier molecular flexibility index (Phi) is 13.5. The van der Waals surface area contributed by atoms with Gasteiger partial charge in [0.25, 0.3) is 13.6 Å². The molecule has 0 aromatic carbocycles. The van der Waals surface area contributed by atoms with Crippen LogP contribution in [0.4, 0.5) is 4.79 Å². The van der Waals surface area contributed by atoms with E-state index in [1.807, 2.05) is 0 Å². The molecule has 0 radical (unpaired) electrons. The van der Waals surface area contributed by atoms with Gasteiger partial charge in [0.1, 0.15) is 30.5 Å². The Balaban J connectivity index is 0.00000675. The van der Waals surface area contributed by atoms with Crippen LogP contribution in [-0.4, -0.2) is 134 Å². The number of aliphatic hydroxyl groups is 5. The number of ether oxygens (including phenoxy) is 2. The number of carbonyl (C=O) groups is 3. The van der Waals surface area contributed by atoms with Crippen LogP contribution in [0.3, 0.4) is 0 Å². The van der Waals surface area contributed by atoms with Gasteiger partial charge in [-0.25, -0.2) is 9.59 Å². The van der Waals surface area contributed by atoms with E-state index in [0.29, 0.717) is 0 Å². The molecule has 3 aliphatic heterocycles. The van der Waals surface area contributed by atoms with Gasteiger partial charge >= 0.3 is 41.6 Å². The molecule has 2 fully saturated rings. The number of urea groups is 1. The molecule has 0 bridgehead atoms. The normalized spacial score (nSPS) is 36.2. The maximum absolute atomic E-state index is 12.8. The Bertz CT molecular complexity index is 1200. The van der Waals surface area contributed by atoms with Crippen LogP contribution in [0.5, 0.6) is 0 Å². The summed E-state index contributed by atoms with van der Waals surface area (Å²) in [6, 6.07) is -2.41. The first-order chi connectivity index (χ1) is 20.0. The van der Waals surface area contributed by atoms with Crippen molar-refractivity contribution < 1.29 is 103 Å². The third-order valence-corrected chi connectivity index (χ3v) is 7.56. The average Bonchev–Trinajstić information content (AvgIpc) is 3.19. The largest absolute Gasteiger partial charge is 1.00 e. The van der Waals surface area contributed by atoms with Gasteiger partial charge in [-0.15, -0.1) is 0 Å². The number of carbonyl (C=O) groups excluding carboxylic acids is 2. The first-order valence-electron chi connectivity index (χ1n) is 12.5. The molecule has 3 aliphatic rings. The summed E-state index contributed by atoms with van der Waals surface area (Å²) in [6.07, 6.45) is -14.2. The maximum Gasteiger partial charge on any atom is 1.00 e. The number of aliphatic carboxylic acids is 1. The summed E-state index contributed by atoms with van der Waals surface area (Å²) in [6.45, 7) is -0.827. The van der Waals surface area contributed by atoms with Crippen LogP contribution in [0, 0.1) is 0 Å². The number of amides is 3. The number of phosphoric acid groups is 1. The fraction of sp³-hybridized carbons (Fsp3) is 0.750. The molecule has 2 saturated heterocycles. The summed E-state index contributed by atoms with van der Waals surface area (Å²) in [5, 5.41) is 69.5. The Morgan fingerprint density at radius 1 is 1.39 bits per heavy atom. The Morgan fingerprint density at radius 3 is 2.61 bits per heavy atom. The van der Waals surface area contributed by atoms with E-state index in [1.54, 1.807) is 0 Å². The third-order valence-electron chi connectivity index (χ3n) is 6.58. The predicted molar refractivity (Wildman–Crippen MR) is 132 cm³/mol. The zero-order valence-electron chi connectivity index (χ0n) is 23.2. The van der Waals surface area contributed by atoms with Crippen molar-refractivity contribution in [2.75, 3.05) is 13.2 Å². The molecular formula is C20H31N7NaO15P. The van der Waals surface area contributed by atoms with E-state index in [0.717, 1.165) is 11.8 Å². The molecule has 12 unspecified atom stereocenters. The van der Waals surface area contributed by atoms with Gasteiger partial charge in [-0.3, -0.25) is 18.8 Å². The predicted octanol–water partition coefficient (Wildman–Crippen LogP) is -7.77. The number of nitrogens with zero attached hydrogens (tertiary/aromatic N) is 4. The van der Waals surface area contributed by atoms with E-state index in [4.69, 9.17) is 25.3 Å². The molecule has 0 saturated carbocycles. The molecule has 24 heteroatoms. The van der Waals surface area contributed by atoms with Crippen LogP contribution in [0.25, 0.3) is 10.4 Å². The van der Waals surface area contributed by atoms with E-state index < -0.39 is 112 Å². The van der Waals surface area contributed by atoms with Crippen molar-refractivity contribution in [1.82, 2.24) is 15.5 Å². The van der Waals surface area contributed by atoms with Gasteiger partial charge < -0.3 is 65.9 Å². The molecule has 12 atom stereocenters. The summed E-state index contributed by atoms with van der Waals surface area (Å²) in [7, 11) is -5.78. The Morgan fingerprint density at radius 2 is 2.05 bits per heavy atom. The second-order valence-electron chi connectivity index (χ2n) is 9.71. The molecule has 242 valence electrons. The number of aliphatic hydroxyl groups excluding tert-OH is 5. The quantitative estimate of drug-likeness (QED) is 0.0308. The summed E-state index contributed by atoms with van der Waals surface area (Å²) >= 11 is 0. The standard InChI is InChI=1S/C20H32N7O15P.Na/c1-7(28)24-12-8(29)4-20(18(34)35,41-16(12)13(31)9(30)5-23-26-22)42-43(37,38)39-6-10-14(32)15(33)17(40-10)27-3-2-11(21)25-19(27)36;/h2-3,8-17,29-33H,4-6,21H2,1H3,(H,24,28)(H,25,36)(H,34,35)(H,37,38);/q;+1/p-1. The summed E-state index contributed by atoms with van der Waals surface area (Å²) < 4.78 is 32.8. The number of hydrogen-bond acceptors (Lipinski definition) is 16. The number of hydrogen-bond donors (Lipinski definition) is 9. The Labute approximate surface area is 270 Å². The molecule has 0 aromatic heterocycles. The van der Waals surface area contributed by atoms with Gasteiger partial charge in [0.05, 0.1) is 37.6 Å². The molecule has 0 spiro atoms. The fourth-order valence-corrected chi connectivity index (χ4v) is 5.47. The second kappa shape index (κ2) is 15.6. The van der Waals surface area contributed by atoms with Crippen molar-refractivity contribution in [2.24, 2.45) is 10.8 Å². The average molecular weight is 663 g/mol. The SMILES string of the molecule is CC(=O)NC1C(O)CC(OP(=O)([O-])OCC2OC(N3C=CC(N)NC3=O)C(O)C2O)(C(=O)O)OC1C(O)C(O)CN=[N+]=[N-].[Na+]. The molecular weight excluding hydrogens is 632 g/mol. The van der Waals surface area contributed by atoms with E-state index >= 15 is 0 Å². The van der Waals surface area contributed by atoms with Crippen LogP contribution in [0.15, 0.2) is 17.4 Å². The van der Waals surface area contributed by atoms with Crippen molar-refractivity contribution in [3.63, 3.8) is 0 Å². The first kappa shape index (κ1) is 38.2. The number of carboxylic acid groups (broad SMARTS) is 1. The molecule has 3 rings (SSSR count). The van der Waals surface area contributed by atoms with Crippen LogP contribution < -0.4 is 50.8 Å². The monoisotopic (exact) mass is 663 g/mol. The number of nitrogens with one attached hydrogen (secondary N) is 2. The van der Waals surface area contributed by atoms with Crippen molar-refractivity contribution in [3.05, 3.63) is 22.7 Å². The van der Waals surface area contributed by atoms with E-state index in [2.05, 4.69) is 25.2 Å². The molecule has 0 aliphatic carbocycles. The zero-order chi connectivity index (χ0) is 32.3. The molecule has 44 heavy (non-hydrogen) atoms. The molecule has 3 amide bonds. The number of phosphoric ester groups is 1. The second-order valence-corrected chi connectivity index (χ2v) is 11.0. The van der Waals surface area contributed by atoms with Gasteiger partial charge in [-0.05, 0) is 11.6 Å². The minimum absolute atomic E-state index is 0. The zero-order valence-corrected chi connectivity index (χ0v) is 26.1. The number of carboxylic acids is 1. The smallest absolute Gasteiger partial charge is 0.756 e. The first-order valence-corrected chi connectivity index (χ1v) is 13.9. The van der Waals surface area contributed by atoms with Crippen molar-refractivity contribution in [3.8, 4) is 0 Å². The van der Waals surface area contributed by atoms with Crippen molar-refractivity contribution in [1.29, 1.82) is 0 Å². The third kappa shape index (κ3) is 8.85. The van der Waals surface area contributed by atoms with Gasteiger partial charge in [0.15, 0.2) is 6.23 Å². The fourth-order valence-electron chi connectivity index (χ4n) is 4.53. The summed E-state index contributed by atoms with van der Waals surface area (Å²) in [4.78, 5) is 52.1. The molecule has 3 heterocycles. The molecule has 0 aromatic rings. The van der Waals surface area contributed by atoms with E-state index in [-0.39, 0.29) is 29.6 Å². The topological polar surface area (TPSA) is 352 Å². The van der Waals surface area contributed by atoms with Gasteiger partial charge in [0.2, 0.25) is 5.91 Å². The van der Waals surface area contributed by atoms with Crippen molar-refractivity contribution in [2.45, 2.75) is 80.3 Å². The van der Waals surface area contributed by atoms with Crippen LogP contribution in [0.1, 0.15) is 13.3 Å². The Hall–Kier alpha value is -1.95. The summed E-state index contributed by atoms with van der Waals surface area (Å²) in [5.74, 6) is -6.21. The summed E-state index contributed by atoms with van der Waals surface area (Å²) in [5.41, 5.74) is 14.0. The van der Waals surface area contributed by atoms with E-state index in [9.17, 15) is 54.5 Å². The van der Waals surface area contributed by atoms with Gasteiger partial charge in [-0.2, -0.15) is 0 Å². The molecule has 10 N–H and O–H groups in total. The number of azide groups is 1. The minimum atomic E-state index is -5.78. The number of nitrogens with two attached hydrogens (primary N) is 1. The van der Waals surface area contributed by atoms with E-state index in [1.165, 1.54) is 12.3 Å². The minimum Gasteiger partial charge on any atom is -0.756 e. The number of rotatable bonds is 12. The van der Waals surface area contributed by atoms with Crippen LogP contribution >= 0.6 is 7.82 Å². The van der Waals surface area contributed by atoms with Gasteiger partial charge in [0, 0.05) is 24.5 Å².